The van der Waals surface area contributed by atoms with Crippen LogP contribution in [0.3, 0.4) is 0 Å². The van der Waals surface area contributed by atoms with Crippen LogP contribution in [0.1, 0.15) is 43.3 Å². The number of aromatic nitrogens is 1. The number of aryl methyl sites for hydroxylation is 1. The van der Waals surface area contributed by atoms with Gasteiger partial charge in [0, 0.05) is 37.9 Å². The number of aliphatic hydroxyl groups excluding tert-OH is 1. The van der Waals surface area contributed by atoms with Crippen LogP contribution in [0.5, 0.6) is 0 Å². The lowest BCUT2D eigenvalue weighted by atomic mass is 9.86. The van der Waals surface area contributed by atoms with E-state index in [9.17, 15) is 9.90 Å². The third-order valence-electron chi connectivity index (χ3n) is 4.28. The zero-order valence-electron chi connectivity index (χ0n) is 13.5. The minimum atomic E-state index is -0.258. The number of thiazole rings is 1. The van der Waals surface area contributed by atoms with Crippen LogP contribution >= 0.6 is 11.3 Å². The van der Waals surface area contributed by atoms with Crippen LogP contribution in [0.25, 0.3) is 0 Å². The quantitative estimate of drug-likeness (QED) is 0.844. The Morgan fingerprint density at radius 3 is 2.95 bits per heavy atom. The zero-order chi connectivity index (χ0) is 15.9. The number of rotatable bonds is 6. The Hall–Kier alpha value is -1.14. The molecule has 22 heavy (non-hydrogen) atoms. The van der Waals surface area contributed by atoms with Crippen LogP contribution in [0, 0.1) is 5.92 Å². The molecule has 2 amide bonds. The minimum Gasteiger partial charge on any atom is -0.393 e. The van der Waals surface area contributed by atoms with Crippen molar-refractivity contribution in [2.45, 2.75) is 51.6 Å². The number of nitrogens with one attached hydrogen (secondary N) is 1. The van der Waals surface area contributed by atoms with Crippen molar-refractivity contribution in [3.05, 3.63) is 16.1 Å². The van der Waals surface area contributed by atoms with Gasteiger partial charge in [-0.25, -0.2) is 9.78 Å². The summed E-state index contributed by atoms with van der Waals surface area (Å²) in [6.45, 7) is 3.33. The predicted octanol–water partition coefficient (Wildman–Crippen LogP) is 2.44. The number of hydrogen-bond acceptors (Lipinski definition) is 4. The standard InChI is InChI=1S/C16H27N3O2S/c1-3-15-18-13(11-22-15)8-9-17-16(21)19(2)10-12-6-4-5-7-14(12)20/h11-12,14,20H,3-10H2,1-2H3,(H,17,21). The molecular formula is C16H27N3O2S. The topological polar surface area (TPSA) is 65.5 Å². The van der Waals surface area contributed by atoms with Crippen LogP contribution in [0.4, 0.5) is 4.79 Å². The monoisotopic (exact) mass is 325 g/mol. The highest BCUT2D eigenvalue weighted by molar-refractivity contribution is 7.09. The Balaban J connectivity index is 1.69. The highest BCUT2D eigenvalue weighted by Crippen LogP contribution is 2.24. The van der Waals surface area contributed by atoms with E-state index in [0.29, 0.717) is 13.1 Å². The molecule has 1 aromatic rings. The first-order valence-corrected chi connectivity index (χ1v) is 9.08. The van der Waals surface area contributed by atoms with E-state index in [-0.39, 0.29) is 18.1 Å². The van der Waals surface area contributed by atoms with Crippen molar-refractivity contribution in [3.63, 3.8) is 0 Å². The molecule has 1 aliphatic carbocycles. The van der Waals surface area contributed by atoms with Crippen molar-refractivity contribution in [1.29, 1.82) is 0 Å². The van der Waals surface area contributed by atoms with Gasteiger partial charge in [-0.1, -0.05) is 19.8 Å². The smallest absolute Gasteiger partial charge is 0.317 e. The summed E-state index contributed by atoms with van der Waals surface area (Å²) in [7, 11) is 1.80. The number of carbonyl (C=O) groups is 1. The number of amides is 2. The second-order valence-corrected chi connectivity index (χ2v) is 7.00. The summed E-state index contributed by atoms with van der Waals surface area (Å²) in [5, 5.41) is 16.1. The largest absolute Gasteiger partial charge is 0.393 e. The van der Waals surface area contributed by atoms with Crippen molar-refractivity contribution in [2.75, 3.05) is 20.1 Å². The lowest BCUT2D eigenvalue weighted by molar-refractivity contribution is 0.0565. The van der Waals surface area contributed by atoms with Gasteiger partial charge in [0.15, 0.2) is 0 Å². The maximum Gasteiger partial charge on any atom is 0.317 e. The molecule has 0 radical (unpaired) electrons. The Labute approximate surface area is 136 Å². The van der Waals surface area contributed by atoms with Gasteiger partial charge in [0.2, 0.25) is 0 Å². The lowest BCUT2D eigenvalue weighted by Crippen LogP contribution is -2.43. The van der Waals surface area contributed by atoms with Crippen LogP contribution < -0.4 is 5.32 Å². The molecule has 0 saturated heterocycles. The first-order valence-electron chi connectivity index (χ1n) is 8.20. The molecule has 1 saturated carbocycles. The van der Waals surface area contributed by atoms with E-state index in [1.165, 1.54) is 0 Å². The summed E-state index contributed by atoms with van der Waals surface area (Å²) < 4.78 is 0. The maximum atomic E-state index is 12.1. The molecule has 124 valence electrons. The molecule has 0 aliphatic heterocycles. The summed E-state index contributed by atoms with van der Waals surface area (Å²) in [5.74, 6) is 0.218. The first-order chi connectivity index (χ1) is 10.6. The van der Waals surface area contributed by atoms with Crippen molar-refractivity contribution in [3.8, 4) is 0 Å². The molecule has 1 heterocycles. The average molecular weight is 325 g/mol. The van der Waals surface area contributed by atoms with Gasteiger partial charge in [-0.3, -0.25) is 0 Å². The highest BCUT2D eigenvalue weighted by atomic mass is 32.1. The molecule has 1 fully saturated rings. The number of hydrogen-bond donors (Lipinski definition) is 2. The maximum absolute atomic E-state index is 12.1. The second-order valence-electron chi connectivity index (χ2n) is 6.06. The molecule has 2 N–H and O–H groups in total. The third-order valence-corrected chi connectivity index (χ3v) is 5.33. The van der Waals surface area contributed by atoms with Gasteiger partial charge in [0.05, 0.1) is 16.8 Å². The Morgan fingerprint density at radius 1 is 1.50 bits per heavy atom. The SMILES string of the molecule is CCc1nc(CCNC(=O)N(C)CC2CCCCC2O)cs1. The molecule has 0 aromatic carbocycles. The number of aliphatic hydroxyl groups is 1. The van der Waals surface area contributed by atoms with Crippen molar-refractivity contribution in [1.82, 2.24) is 15.2 Å². The fourth-order valence-electron chi connectivity index (χ4n) is 2.89. The van der Waals surface area contributed by atoms with E-state index in [1.54, 1.807) is 23.3 Å². The second kappa shape index (κ2) is 8.48. The van der Waals surface area contributed by atoms with Gasteiger partial charge < -0.3 is 15.3 Å². The molecule has 6 heteroatoms. The first kappa shape index (κ1) is 17.2. The molecule has 2 unspecified atom stereocenters. The zero-order valence-corrected chi connectivity index (χ0v) is 14.4. The van der Waals surface area contributed by atoms with E-state index in [1.807, 2.05) is 0 Å². The molecule has 1 aliphatic rings. The van der Waals surface area contributed by atoms with Gasteiger partial charge in [-0.2, -0.15) is 0 Å². The summed E-state index contributed by atoms with van der Waals surface area (Å²) in [6.07, 6.45) is 5.60. The average Bonchev–Trinajstić information content (AvgIpc) is 2.97. The van der Waals surface area contributed by atoms with Gasteiger partial charge in [-0.15, -0.1) is 11.3 Å². The summed E-state index contributed by atoms with van der Waals surface area (Å²) in [5.41, 5.74) is 1.05. The van der Waals surface area contributed by atoms with Gasteiger partial charge in [0.1, 0.15) is 0 Å². The van der Waals surface area contributed by atoms with E-state index >= 15 is 0 Å². The minimum absolute atomic E-state index is 0.0660. The number of urea groups is 1. The van der Waals surface area contributed by atoms with Crippen LogP contribution in [-0.2, 0) is 12.8 Å². The normalized spacial score (nSPS) is 21.6. The van der Waals surface area contributed by atoms with E-state index in [0.717, 1.165) is 49.2 Å². The Bertz CT molecular complexity index is 478. The highest BCUT2D eigenvalue weighted by Gasteiger charge is 2.25. The van der Waals surface area contributed by atoms with Crippen LogP contribution in [0.2, 0.25) is 0 Å². The number of carbonyl (C=O) groups excluding carboxylic acids is 1. The molecule has 2 rings (SSSR count). The predicted molar refractivity (Wildman–Crippen MR) is 89.2 cm³/mol. The summed E-state index contributed by atoms with van der Waals surface area (Å²) in [4.78, 5) is 18.3. The van der Waals surface area contributed by atoms with Crippen molar-refractivity contribution in [2.24, 2.45) is 5.92 Å². The van der Waals surface area contributed by atoms with E-state index in [2.05, 4.69) is 22.6 Å². The van der Waals surface area contributed by atoms with Crippen molar-refractivity contribution < 1.29 is 9.90 Å². The Morgan fingerprint density at radius 2 is 2.27 bits per heavy atom. The van der Waals surface area contributed by atoms with Crippen LogP contribution in [0.15, 0.2) is 5.38 Å². The van der Waals surface area contributed by atoms with Crippen LogP contribution in [-0.4, -0.2) is 47.3 Å². The number of nitrogens with zero attached hydrogens (tertiary/aromatic N) is 2. The van der Waals surface area contributed by atoms with Crippen molar-refractivity contribution >= 4 is 17.4 Å². The fourth-order valence-corrected chi connectivity index (χ4v) is 3.67. The molecule has 5 nitrogen and oxygen atoms in total. The molecular weight excluding hydrogens is 298 g/mol. The van der Waals surface area contributed by atoms with Gasteiger partial charge in [0.25, 0.3) is 0 Å². The Kier molecular flexibility index (Phi) is 6.64. The van der Waals surface area contributed by atoms with Gasteiger partial charge in [-0.05, 0) is 19.3 Å². The summed E-state index contributed by atoms with van der Waals surface area (Å²) >= 11 is 1.68. The molecule has 0 spiro atoms. The molecule has 2 atom stereocenters. The molecule has 0 bridgehead atoms. The lowest BCUT2D eigenvalue weighted by Gasteiger charge is -2.31. The third kappa shape index (κ3) is 4.95. The van der Waals surface area contributed by atoms with Gasteiger partial charge >= 0.3 is 6.03 Å². The summed E-state index contributed by atoms with van der Waals surface area (Å²) in [6, 6.07) is -0.0660. The fraction of sp³-hybridized carbons (Fsp3) is 0.750. The van der Waals surface area contributed by atoms with E-state index in [4.69, 9.17) is 0 Å². The molecule has 1 aromatic heterocycles. The van der Waals surface area contributed by atoms with E-state index < -0.39 is 0 Å².